The summed E-state index contributed by atoms with van der Waals surface area (Å²) in [6, 6.07) is 10.2. The second kappa shape index (κ2) is 5.59. The molecule has 0 N–H and O–H groups in total. The summed E-state index contributed by atoms with van der Waals surface area (Å²) in [5.74, 6) is -0.0985. The van der Waals surface area contributed by atoms with E-state index in [1.807, 2.05) is 0 Å². The van der Waals surface area contributed by atoms with Crippen LogP contribution in [0.5, 0.6) is 5.75 Å². The normalized spacial score (nSPS) is 10.4. The van der Waals surface area contributed by atoms with Crippen LogP contribution in [0.3, 0.4) is 0 Å². The zero-order valence-corrected chi connectivity index (χ0v) is 11.2. The van der Waals surface area contributed by atoms with E-state index in [1.165, 1.54) is 0 Å². The number of ether oxygens (including phenoxy) is 1. The molecule has 0 radical (unpaired) electrons. The smallest absolute Gasteiger partial charge is 0.167 e. The van der Waals surface area contributed by atoms with Crippen molar-refractivity contribution in [3.05, 3.63) is 63.4 Å². The maximum atomic E-state index is 13.7. The van der Waals surface area contributed by atoms with E-state index in [4.69, 9.17) is 27.9 Å². The van der Waals surface area contributed by atoms with Crippen LogP contribution in [-0.2, 0) is 6.61 Å². The molecule has 0 unspecified atom stereocenters. The summed E-state index contributed by atoms with van der Waals surface area (Å²) in [7, 11) is 0. The van der Waals surface area contributed by atoms with Gasteiger partial charge in [0.1, 0.15) is 6.61 Å². The maximum Gasteiger partial charge on any atom is 0.167 e. The van der Waals surface area contributed by atoms with E-state index in [1.54, 1.807) is 43.3 Å². The zero-order chi connectivity index (χ0) is 13.1. The van der Waals surface area contributed by atoms with E-state index in [0.29, 0.717) is 15.6 Å². The fraction of sp³-hybridized carbons (Fsp3) is 0.143. The van der Waals surface area contributed by atoms with E-state index in [2.05, 4.69) is 0 Å². The molecule has 2 aromatic rings. The molecular formula is C14H11Cl2FO. The summed E-state index contributed by atoms with van der Waals surface area (Å²) in [4.78, 5) is 0. The number of hydrogen-bond donors (Lipinski definition) is 0. The van der Waals surface area contributed by atoms with Gasteiger partial charge in [-0.3, -0.25) is 0 Å². The summed E-state index contributed by atoms with van der Waals surface area (Å²) in [6.45, 7) is 1.94. The highest BCUT2D eigenvalue weighted by atomic mass is 35.5. The van der Waals surface area contributed by atoms with Crippen LogP contribution < -0.4 is 4.74 Å². The molecule has 0 amide bonds. The van der Waals surface area contributed by atoms with Crippen molar-refractivity contribution < 1.29 is 9.13 Å². The van der Waals surface area contributed by atoms with E-state index in [9.17, 15) is 4.39 Å². The van der Waals surface area contributed by atoms with Gasteiger partial charge >= 0.3 is 0 Å². The van der Waals surface area contributed by atoms with Gasteiger partial charge in [-0.25, -0.2) is 4.39 Å². The first-order valence-electron chi connectivity index (χ1n) is 5.40. The number of rotatable bonds is 3. The minimum Gasteiger partial charge on any atom is -0.486 e. The molecule has 1 nitrogen and oxygen atoms in total. The van der Waals surface area contributed by atoms with Crippen molar-refractivity contribution in [3.8, 4) is 5.75 Å². The van der Waals surface area contributed by atoms with Crippen LogP contribution in [-0.4, -0.2) is 0 Å². The third kappa shape index (κ3) is 2.95. The Morgan fingerprint density at radius 3 is 2.61 bits per heavy atom. The van der Waals surface area contributed by atoms with Crippen molar-refractivity contribution in [1.82, 2.24) is 0 Å². The summed E-state index contributed by atoms with van der Waals surface area (Å²) >= 11 is 11.7. The summed E-state index contributed by atoms with van der Waals surface area (Å²) in [6.07, 6.45) is 0. The van der Waals surface area contributed by atoms with Gasteiger partial charge in [0.2, 0.25) is 0 Å². The van der Waals surface area contributed by atoms with E-state index in [-0.39, 0.29) is 18.2 Å². The molecular weight excluding hydrogens is 274 g/mol. The highest BCUT2D eigenvalue weighted by molar-refractivity contribution is 6.42. The number of benzene rings is 2. The van der Waals surface area contributed by atoms with Crippen molar-refractivity contribution in [2.45, 2.75) is 13.5 Å². The molecule has 0 fully saturated rings. The molecule has 18 heavy (non-hydrogen) atoms. The minimum atomic E-state index is -0.336. The molecule has 0 aromatic heterocycles. The Morgan fingerprint density at radius 2 is 1.89 bits per heavy atom. The molecule has 0 aliphatic rings. The Kier molecular flexibility index (Phi) is 4.10. The van der Waals surface area contributed by atoms with Crippen molar-refractivity contribution >= 4 is 23.2 Å². The third-order valence-corrected chi connectivity index (χ3v) is 3.27. The van der Waals surface area contributed by atoms with Crippen LogP contribution in [0.4, 0.5) is 4.39 Å². The molecule has 0 saturated carbocycles. The lowest BCUT2D eigenvalue weighted by molar-refractivity contribution is 0.289. The Hall–Kier alpha value is -1.25. The standard InChI is InChI=1S/C14H11Cl2FO/c1-9-3-2-4-13(14(9)17)18-8-10-5-6-11(15)12(16)7-10/h2-7H,8H2,1H3. The number of aryl methyl sites for hydroxylation is 1. The highest BCUT2D eigenvalue weighted by Crippen LogP contribution is 2.24. The van der Waals surface area contributed by atoms with Gasteiger partial charge in [0.15, 0.2) is 11.6 Å². The molecule has 0 saturated heterocycles. The second-order valence-electron chi connectivity index (χ2n) is 3.92. The molecule has 0 atom stereocenters. The van der Waals surface area contributed by atoms with Gasteiger partial charge in [0, 0.05) is 0 Å². The van der Waals surface area contributed by atoms with Gasteiger partial charge in [-0.15, -0.1) is 0 Å². The lowest BCUT2D eigenvalue weighted by Gasteiger charge is -2.09. The van der Waals surface area contributed by atoms with Gasteiger partial charge in [0.25, 0.3) is 0 Å². The lowest BCUT2D eigenvalue weighted by Crippen LogP contribution is -1.98. The molecule has 0 aliphatic heterocycles. The Balaban J connectivity index is 2.11. The van der Waals surface area contributed by atoms with Crippen molar-refractivity contribution in [3.63, 3.8) is 0 Å². The summed E-state index contributed by atoms with van der Waals surface area (Å²) < 4.78 is 19.1. The predicted octanol–water partition coefficient (Wildman–Crippen LogP) is 5.02. The molecule has 0 aliphatic carbocycles. The van der Waals surface area contributed by atoms with Crippen molar-refractivity contribution in [1.29, 1.82) is 0 Å². The fourth-order valence-electron chi connectivity index (χ4n) is 1.52. The first kappa shape index (κ1) is 13.2. The zero-order valence-electron chi connectivity index (χ0n) is 9.71. The first-order chi connectivity index (χ1) is 8.58. The molecule has 4 heteroatoms. The predicted molar refractivity (Wildman–Crippen MR) is 71.9 cm³/mol. The van der Waals surface area contributed by atoms with E-state index in [0.717, 1.165) is 5.56 Å². The fourth-order valence-corrected chi connectivity index (χ4v) is 1.84. The monoisotopic (exact) mass is 284 g/mol. The number of hydrogen-bond acceptors (Lipinski definition) is 1. The number of halogens is 3. The quantitative estimate of drug-likeness (QED) is 0.769. The third-order valence-electron chi connectivity index (χ3n) is 2.53. The largest absolute Gasteiger partial charge is 0.486 e. The molecule has 94 valence electrons. The molecule has 0 heterocycles. The van der Waals surface area contributed by atoms with Crippen LogP contribution in [0.15, 0.2) is 36.4 Å². The Bertz CT molecular complexity index is 570. The molecule has 2 aromatic carbocycles. The second-order valence-corrected chi connectivity index (χ2v) is 4.74. The first-order valence-corrected chi connectivity index (χ1v) is 6.15. The van der Waals surface area contributed by atoms with E-state index >= 15 is 0 Å². The topological polar surface area (TPSA) is 9.23 Å². The van der Waals surface area contributed by atoms with Gasteiger partial charge in [0.05, 0.1) is 10.0 Å². The van der Waals surface area contributed by atoms with Crippen LogP contribution in [0.25, 0.3) is 0 Å². The van der Waals surface area contributed by atoms with Gasteiger partial charge in [-0.05, 0) is 36.2 Å². The van der Waals surface area contributed by atoms with Gasteiger partial charge < -0.3 is 4.74 Å². The van der Waals surface area contributed by atoms with E-state index < -0.39 is 0 Å². The SMILES string of the molecule is Cc1cccc(OCc2ccc(Cl)c(Cl)c2)c1F. The van der Waals surface area contributed by atoms with Crippen LogP contribution in [0, 0.1) is 12.7 Å². The van der Waals surface area contributed by atoms with Crippen LogP contribution in [0.1, 0.15) is 11.1 Å². The van der Waals surface area contributed by atoms with Crippen molar-refractivity contribution in [2.75, 3.05) is 0 Å². The Morgan fingerprint density at radius 1 is 1.11 bits per heavy atom. The highest BCUT2D eigenvalue weighted by Gasteiger charge is 2.06. The lowest BCUT2D eigenvalue weighted by atomic mass is 10.2. The molecule has 0 bridgehead atoms. The van der Waals surface area contributed by atoms with Crippen molar-refractivity contribution in [2.24, 2.45) is 0 Å². The molecule has 2 rings (SSSR count). The van der Waals surface area contributed by atoms with Crippen LogP contribution >= 0.6 is 23.2 Å². The minimum absolute atomic E-state index is 0.237. The summed E-state index contributed by atoms with van der Waals surface area (Å²) in [5.41, 5.74) is 1.40. The molecule has 0 spiro atoms. The summed E-state index contributed by atoms with van der Waals surface area (Å²) in [5, 5.41) is 0.949. The maximum absolute atomic E-state index is 13.7. The van der Waals surface area contributed by atoms with Crippen LogP contribution in [0.2, 0.25) is 10.0 Å². The Labute approximate surface area is 115 Å². The average Bonchev–Trinajstić information content (AvgIpc) is 2.35. The van der Waals surface area contributed by atoms with Gasteiger partial charge in [-0.2, -0.15) is 0 Å². The van der Waals surface area contributed by atoms with Gasteiger partial charge in [-0.1, -0.05) is 41.4 Å². The average molecular weight is 285 g/mol.